The maximum absolute atomic E-state index is 13.2. The smallest absolute Gasteiger partial charge is 0.254 e. The molecule has 6 heteroatoms. The molecule has 6 nitrogen and oxygen atoms in total. The summed E-state index contributed by atoms with van der Waals surface area (Å²) in [6, 6.07) is 15.8. The molecule has 0 radical (unpaired) electrons. The lowest BCUT2D eigenvalue weighted by atomic mass is 9.90. The van der Waals surface area contributed by atoms with Crippen molar-refractivity contribution in [1.29, 1.82) is 0 Å². The Kier molecular flexibility index (Phi) is 6.82. The Morgan fingerprint density at radius 2 is 1.68 bits per heavy atom. The second-order valence-electron chi connectivity index (χ2n) is 9.99. The Balaban J connectivity index is 1.15. The van der Waals surface area contributed by atoms with Gasteiger partial charge in [-0.3, -0.25) is 9.59 Å². The number of rotatable bonds is 7. The number of benzene rings is 2. The van der Waals surface area contributed by atoms with E-state index >= 15 is 0 Å². The van der Waals surface area contributed by atoms with Crippen LogP contribution < -0.4 is 5.32 Å². The number of fused-ring (bicyclic) bond motifs is 3. The molecule has 2 fully saturated rings. The minimum Gasteiger partial charge on any atom is -0.391 e. The fourth-order valence-electron chi connectivity index (χ4n) is 5.97. The van der Waals surface area contributed by atoms with Crippen molar-refractivity contribution < 1.29 is 19.4 Å². The average molecular weight is 463 g/mol. The molecule has 3 heterocycles. The molecule has 1 amide bonds. The summed E-state index contributed by atoms with van der Waals surface area (Å²) >= 11 is 0. The summed E-state index contributed by atoms with van der Waals surface area (Å²) in [6.45, 7) is 0.742. The van der Waals surface area contributed by atoms with Crippen LogP contribution in [-0.2, 0) is 17.7 Å². The zero-order valence-corrected chi connectivity index (χ0v) is 19.8. The molecule has 0 aromatic heterocycles. The van der Waals surface area contributed by atoms with Crippen LogP contribution in [0, 0.1) is 0 Å². The quantitative estimate of drug-likeness (QED) is 0.616. The molecule has 2 aromatic carbocycles. The van der Waals surface area contributed by atoms with Crippen LogP contribution >= 0.6 is 0 Å². The number of Topliss-reactive ketones (excluding diaryl/α,β-unsaturated/α-hetero) is 1. The minimum atomic E-state index is -0.580. The summed E-state index contributed by atoms with van der Waals surface area (Å²) in [4.78, 5) is 28.0. The summed E-state index contributed by atoms with van der Waals surface area (Å²) in [5.41, 5.74) is 3.76. The summed E-state index contributed by atoms with van der Waals surface area (Å²) in [5.74, 6) is 0.0513. The van der Waals surface area contributed by atoms with E-state index in [4.69, 9.17) is 4.74 Å². The predicted octanol–water partition coefficient (Wildman–Crippen LogP) is 3.51. The second-order valence-corrected chi connectivity index (χ2v) is 9.99. The van der Waals surface area contributed by atoms with Gasteiger partial charge in [-0.2, -0.15) is 0 Å². The van der Waals surface area contributed by atoms with Gasteiger partial charge in [-0.25, -0.2) is 0 Å². The van der Waals surface area contributed by atoms with E-state index < -0.39 is 6.10 Å². The van der Waals surface area contributed by atoms with Gasteiger partial charge in [-0.15, -0.1) is 0 Å². The third kappa shape index (κ3) is 4.67. The van der Waals surface area contributed by atoms with E-state index in [0.717, 1.165) is 38.6 Å². The fraction of sp³-hybridized carbons (Fsp3) is 0.500. The number of hydrogen-bond donors (Lipinski definition) is 2. The number of piperidine rings is 1. The first-order chi connectivity index (χ1) is 16.5. The van der Waals surface area contributed by atoms with Gasteiger partial charge in [0.25, 0.3) is 5.91 Å². The van der Waals surface area contributed by atoms with Gasteiger partial charge < -0.3 is 20.1 Å². The van der Waals surface area contributed by atoms with Crippen LogP contribution in [0.2, 0.25) is 0 Å². The molecule has 4 atom stereocenters. The summed E-state index contributed by atoms with van der Waals surface area (Å²) in [6.07, 6.45) is 5.01. The number of carbonyl (C=O) groups excluding carboxylic acids is 2. The summed E-state index contributed by atoms with van der Waals surface area (Å²) in [7, 11) is 1.75. The third-order valence-corrected chi connectivity index (χ3v) is 7.96. The van der Waals surface area contributed by atoms with Gasteiger partial charge in [-0.05, 0) is 61.8 Å². The summed E-state index contributed by atoms with van der Waals surface area (Å²) in [5, 5.41) is 14.1. The summed E-state index contributed by atoms with van der Waals surface area (Å²) < 4.78 is 5.54. The number of methoxy groups -OCH3 is 1. The van der Waals surface area contributed by atoms with Crippen LogP contribution in [0.3, 0.4) is 0 Å². The zero-order chi connectivity index (χ0) is 23.7. The number of aliphatic hydroxyl groups is 1. The maximum Gasteiger partial charge on any atom is 0.254 e. The lowest BCUT2D eigenvalue weighted by molar-refractivity contribution is 0.00821. The molecule has 34 heavy (non-hydrogen) atoms. The van der Waals surface area contributed by atoms with E-state index in [1.807, 2.05) is 17.0 Å². The van der Waals surface area contributed by atoms with Crippen LogP contribution in [0.25, 0.3) is 0 Å². The van der Waals surface area contributed by atoms with Crippen LogP contribution in [0.15, 0.2) is 48.5 Å². The molecule has 0 aliphatic carbocycles. The highest BCUT2D eigenvalue weighted by Crippen LogP contribution is 2.37. The minimum absolute atomic E-state index is 0.00441. The number of ketones is 1. The molecular weight excluding hydrogens is 428 g/mol. The Bertz CT molecular complexity index is 1020. The first-order valence-corrected chi connectivity index (χ1v) is 12.5. The highest BCUT2D eigenvalue weighted by atomic mass is 16.5. The zero-order valence-electron chi connectivity index (χ0n) is 19.8. The molecule has 0 saturated carbocycles. The largest absolute Gasteiger partial charge is 0.391 e. The highest BCUT2D eigenvalue weighted by molar-refractivity contribution is 5.99. The number of aliphatic hydroxyl groups excluding tert-OH is 1. The van der Waals surface area contributed by atoms with Crippen molar-refractivity contribution >= 4 is 11.7 Å². The standard InChI is InChI=1S/C28H34N2O4/c1-34-24-15-22-10-11-23(16-24)30(22)28(33)19-8-6-18(7-9-19)26(31)12-13-27(32)25-14-20-4-2-3-5-21(20)17-29-25/h2-9,22-25,27,29,32H,10-17H2,1H3/t22?,23?,24?,25-,27+/m0/s1. The fourth-order valence-corrected chi connectivity index (χ4v) is 5.97. The molecule has 2 N–H and O–H groups in total. The van der Waals surface area contributed by atoms with Crippen molar-refractivity contribution in [3.05, 3.63) is 70.8 Å². The average Bonchev–Trinajstić information content (AvgIpc) is 3.15. The first kappa shape index (κ1) is 23.2. The van der Waals surface area contributed by atoms with Crippen LogP contribution in [0.1, 0.15) is 70.4 Å². The third-order valence-electron chi connectivity index (χ3n) is 7.96. The van der Waals surface area contributed by atoms with Crippen LogP contribution in [-0.4, -0.2) is 59.1 Å². The van der Waals surface area contributed by atoms with Gasteiger partial charge in [0.15, 0.2) is 5.78 Å². The van der Waals surface area contributed by atoms with Gasteiger partial charge in [0, 0.05) is 49.3 Å². The molecule has 3 aliphatic heterocycles. The van der Waals surface area contributed by atoms with Crippen molar-refractivity contribution in [2.24, 2.45) is 0 Å². The monoisotopic (exact) mass is 462 g/mol. The second kappa shape index (κ2) is 9.98. The van der Waals surface area contributed by atoms with Crippen molar-refractivity contribution in [2.45, 2.75) is 81.8 Å². The highest BCUT2D eigenvalue weighted by Gasteiger charge is 2.43. The molecule has 3 aliphatic rings. The number of ether oxygens (including phenoxy) is 1. The van der Waals surface area contributed by atoms with E-state index in [1.54, 1.807) is 31.4 Å². The molecule has 180 valence electrons. The lowest BCUT2D eigenvalue weighted by Gasteiger charge is -2.38. The number of nitrogens with zero attached hydrogens (tertiary/aromatic N) is 1. The number of hydrogen-bond acceptors (Lipinski definition) is 5. The van der Waals surface area contributed by atoms with E-state index in [9.17, 15) is 14.7 Å². The number of nitrogens with one attached hydrogen (secondary N) is 1. The van der Waals surface area contributed by atoms with Gasteiger partial charge in [0.1, 0.15) is 0 Å². The molecule has 2 aromatic rings. The molecule has 2 unspecified atom stereocenters. The predicted molar refractivity (Wildman–Crippen MR) is 130 cm³/mol. The van der Waals surface area contributed by atoms with Crippen molar-refractivity contribution in [1.82, 2.24) is 10.2 Å². The first-order valence-electron chi connectivity index (χ1n) is 12.5. The van der Waals surface area contributed by atoms with Crippen molar-refractivity contribution in [3.63, 3.8) is 0 Å². The molecular formula is C28H34N2O4. The Morgan fingerprint density at radius 3 is 2.35 bits per heavy atom. The van der Waals surface area contributed by atoms with Crippen LogP contribution in [0.4, 0.5) is 0 Å². The normalized spacial score (nSPS) is 26.7. The Morgan fingerprint density at radius 1 is 1.03 bits per heavy atom. The van der Waals surface area contributed by atoms with E-state index in [0.29, 0.717) is 17.5 Å². The molecule has 2 saturated heterocycles. The van der Waals surface area contributed by atoms with E-state index in [1.165, 1.54) is 11.1 Å². The van der Waals surface area contributed by atoms with E-state index in [-0.39, 0.29) is 42.3 Å². The van der Waals surface area contributed by atoms with Gasteiger partial charge >= 0.3 is 0 Å². The Hall–Kier alpha value is -2.54. The van der Waals surface area contributed by atoms with Crippen molar-refractivity contribution in [3.8, 4) is 0 Å². The topological polar surface area (TPSA) is 78.9 Å². The van der Waals surface area contributed by atoms with Crippen LogP contribution in [0.5, 0.6) is 0 Å². The molecule has 0 spiro atoms. The number of carbonyl (C=O) groups is 2. The van der Waals surface area contributed by atoms with Gasteiger partial charge in [-0.1, -0.05) is 36.4 Å². The number of amides is 1. The lowest BCUT2D eigenvalue weighted by Crippen LogP contribution is -2.48. The SMILES string of the molecule is COC1CC2CCC(C1)N2C(=O)c1ccc(C(=O)CC[C@@H](O)[C@@H]2Cc3ccccc3CN2)cc1. The molecule has 2 bridgehead atoms. The van der Waals surface area contributed by atoms with E-state index in [2.05, 4.69) is 17.4 Å². The van der Waals surface area contributed by atoms with Gasteiger partial charge in [0.2, 0.25) is 0 Å². The molecule has 5 rings (SSSR count). The van der Waals surface area contributed by atoms with Crippen molar-refractivity contribution in [2.75, 3.05) is 7.11 Å². The Labute approximate surface area is 201 Å². The maximum atomic E-state index is 13.2. The van der Waals surface area contributed by atoms with Gasteiger partial charge in [0.05, 0.1) is 12.2 Å².